The maximum Gasteiger partial charge on any atom is 0.220 e. The highest BCUT2D eigenvalue weighted by Crippen LogP contribution is 2.33. The number of fused-ring (bicyclic) bond motifs is 1. The van der Waals surface area contributed by atoms with Crippen LogP contribution in [0.3, 0.4) is 0 Å². The Morgan fingerprint density at radius 2 is 2.05 bits per heavy atom. The fraction of sp³-hybridized carbons (Fsp3) is 0.294. The Morgan fingerprint density at radius 1 is 1.15 bits per heavy atom. The van der Waals surface area contributed by atoms with Gasteiger partial charge in [-0.05, 0) is 54.9 Å². The van der Waals surface area contributed by atoms with E-state index in [-0.39, 0.29) is 0 Å². The molecule has 2 aliphatic carbocycles. The van der Waals surface area contributed by atoms with Crippen molar-refractivity contribution < 1.29 is 0 Å². The molecule has 1 heterocycles. The number of benzene rings is 1. The highest BCUT2D eigenvalue weighted by Gasteiger charge is 2.22. The first-order valence-electron chi connectivity index (χ1n) is 7.21. The van der Waals surface area contributed by atoms with Crippen LogP contribution in [0.4, 0.5) is 5.95 Å². The van der Waals surface area contributed by atoms with Crippen LogP contribution in [0, 0.1) is 5.92 Å². The lowest BCUT2D eigenvalue weighted by molar-refractivity contribution is 0.802. The largest absolute Gasteiger partial charge is 0.368 e. The van der Waals surface area contributed by atoms with Gasteiger partial charge in [0.1, 0.15) is 0 Å². The molecule has 0 amide bonds. The highest BCUT2D eigenvalue weighted by atomic mass is 15.0. The summed E-state index contributed by atoms with van der Waals surface area (Å²) in [6.45, 7) is 0. The minimum atomic E-state index is 0.384. The van der Waals surface area contributed by atoms with Gasteiger partial charge in [0.2, 0.25) is 5.95 Å². The minimum Gasteiger partial charge on any atom is -0.368 e. The van der Waals surface area contributed by atoms with Crippen LogP contribution in [0.25, 0.3) is 17.3 Å². The zero-order valence-corrected chi connectivity index (χ0v) is 11.3. The Hall–Kier alpha value is -2.16. The van der Waals surface area contributed by atoms with E-state index in [9.17, 15) is 0 Å². The van der Waals surface area contributed by atoms with Crippen LogP contribution < -0.4 is 5.73 Å². The van der Waals surface area contributed by atoms with E-state index in [1.165, 1.54) is 24.0 Å². The summed E-state index contributed by atoms with van der Waals surface area (Å²) < 4.78 is 0. The smallest absolute Gasteiger partial charge is 0.220 e. The van der Waals surface area contributed by atoms with Gasteiger partial charge in [0.15, 0.2) is 0 Å². The molecule has 1 aromatic heterocycles. The molecule has 0 saturated heterocycles. The average molecular weight is 263 g/mol. The monoisotopic (exact) mass is 263 g/mol. The summed E-state index contributed by atoms with van der Waals surface area (Å²) in [4.78, 5) is 8.76. The lowest BCUT2D eigenvalue weighted by Crippen LogP contribution is -2.02. The summed E-state index contributed by atoms with van der Waals surface area (Å²) >= 11 is 0. The molecule has 0 atom stereocenters. The molecule has 3 heteroatoms. The first kappa shape index (κ1) is 11.6. The molecular formula is C17H17N3. The minimum absolute atomic E-state index is 0.384. The predicted molar refractivity (Wildman–Crippen MR) is 81.0 cm³/mol. The second kappa shape index (κ2) is 4.44. The van der Waals surface area contributed by atoms with Crippen molar-refractivity contribution in [3.05, 3.63) is 47.2 Å². The van der Waals surface area contributed by atoms with Crippen LogP contribution in [0.5, 0.6) is 0 Å². The lowest BCUT2D eigenvalue weighted by atomic mass is 10.0. The molecule has 1 aromatic carbocycles. The van der Waals surface area contributed by atoms with E-state index in [2.05, 4.69) is 46.4 Å². The number of allylic oxidation sites excluding steroid dienone is 1. The van der Waals surface area contributed by atoms with Crippen molar-refractivity contribution in [2.45, 2.75) is 25.7 Å². The van der Waals surface area contributed by atoms with E-state index in [0.29, 0.717) is 5.95 Å². The van der Waals surface area contributed by atoms with Crippen LogP contribution in [0.15, 0.2) is 30.3 Å². The molecule has 2 aliphatic rings. The van der Waals surface area contributed by atoms with Crippen molar-refractivity contribution in [3.63, 3.8) is 0 Å². The van der Waals surface area contributed by atoms with Crippen LogP contribution in [-0.2, 0) is 12.8 Å². The molecule has 0 aliphatic heterocycles. The molecule has 0 radical (unpaired) electrons. The van der Waals surface area contributed by atoms with E-state index in [4.69, 9.17) is 5.73 Å². The highest BCUT2D eigenvalue weighted by molar-refractivity contribution is 5.69. The van der Waals surface area contributed by atoms with Crippen molar-refractivity contribution in [2.24, 2.45) is 5.92 Å². The number of anilines is 1. The van der Waals surface area contributed by atoms with Crippen LogP contribution >= 0.6 is 0 Å². The zero-order chi connectivity index (χ0) is 13.5. The van der Waals surface area contributed by atoms with Crippen molar-refractivity contribution in [1.29, 1.82) is 0 Å². The van der Waals surface area contributed by atoms with Crippen LogP contribution in [0.2, 0.25) is 0 Å². The lowest BCUT2D eigenvalue weighted by Gasteiger charge is -2.07. The fourth-order valence-corrected chi connectivity index (χ4v) is 2.80. The third-order valence-corrected chi connectivity index (χ3v) is 4.07. The van der Waals surface area contributed by atoms with E-state index < -0.39 is 0 Å². The normalized spacial score (nSPS) is 16.4. The van der Waals surface area contributed by atoms with Gasteiger partial charge in [-0.15, -0.1) is 0 Å². The van der Waals surface area contributed by atoms with E-state index in [0.717, 1.165) is 35.7 Å². The average Bonchev–Trinajstić information content (AvgIpc) is 3.12. The molecule has 0 unspecified atom stereocenters. The van der Waals surface area contributed by atoms with Gasteiger partial charge in [-0.2, -0.15) is 0 Å². The molecular weight excluding hydrogens is 246 g/mol. The summed E-state index contributed by atoms with van der Waals surface area (Å²) in [6, 6.07) is 8.61. The maximum atomic E-state index is 5.87. The summed E-state index contributed by atoms with van der Waals surface area (Å²) in [5, 5.41) is 0. The van der Waals surface area contributed by atoms with Crippen molar-refractivity contribution in [1.82, 2.24) is 9.97 Å². The van der Waals surface area contributed by atoms with Gasteiger partial charge >= 0.3 is 0 Å². The number of nitrogens with zero attached hydrogens (tertiary/aromatic N) is 2. The molecule has 1 fully saturated rings. The molecule has 3 nitrogen and oxygen atoms in total. The summed E-state index contributed by atoms with van der Waals surface area (Å²) in [5.41, 5.74) is 11.7. The van der Waals surface area contributed by atoms with E-state index in [1.807, 2.05) is 0 Å². The summed E-state index contributed by atoms with van der Waals surface area (Å²) in [6.07, 6.45) is 9.08. The standard InChI is InChI=1S/C17H17N3/c18-17-19-15(8-11-4-5-11)10-16(20-17)14-7-6-12-2-1-3-13(12)9-14/h1,3,6-7,9-11H,2,4-5,8H2,(H2,18,19,20). The topological polar surface area (TPSA) is 51.8 Å². The molecule has 0 bridgehead atoms. The fourth-order valence-electron chi connectivity index (χ4n) is 2.80. The number of nitrogen functional groups attached to an aromatic ring is 1. The number of nitrogens with two attached hydrogens (primary N) is 1. The van der Waals surface area contributed by atoms with Crippen LogP contribution in [-0.4, -0.2) is 9.97 Å². The Kier molecular flexibility index (Phi) is 2.59. The van der Waals surface area contributed by atoms with Gasteiger partial charge < -0.3 is 5.73 Å². The molecule has 0 spiro atoms. The second-order valence-electron chi connectivity index (χ2n) is 5.77. The molecule has 20 heavy (non-hydrogen) atoms. The van der Waals surface area contributed by atoms with Gasteiger partial charge in [0.05, 0.1) is 5.69 Å². The molecule has 1 saturated carbocycles. The first-order valence-corrected chi connectivity index (χ1v) is 7.21. The van der Waals surface area contributed by atoms with Crippen molar-refractivity contribution in [2.75, 3.05) is 5.73 Å². The number of rotatable bonds is 3. The molecule has 2 N–H and O–H groups in total. The first-order chi connectivity index (χ1) is 9.78. The van der Waals surface area contributed by atoms with Gasteiger partial charge in [0, 0.05) is 11.3 Å². The quantitative estimate of drug-likeness (QED) is 0.924. The Labute approximate surface area is 118 Å². The Balaban J connectivity index is 1.73. The van der Waals surface area contributed by atoms with Crippen LogP contribution in [0.1, 0.15) is 29.7 Å². The van der Waals surface area contributed by atoms with Crippen molar-refractivity contribution in [3.8, 4) is 11.3 Å². The van der Waals surface area contributed by atoms with Gasteiger partial charge in [-0.3, -0.25) is 0 Å². The van der Waals surface area contributed by atoms with E-state index >= 15 is 0 Å². The van der Waals surface area contributed by atoms with E-state index in [1.54, 1.807) is 0 Å². The third kappa shape index (κ3) is 2.20. The van der Waals surface area contributed by atoms with Gasteiger partial charge in [0.25, 0.3) is 0 Å². The summed E-state index contributed by atoms with van der Waals surface area (Å²) in [7, 11) is 0. The SMILES string of the molecule is Nc1nc(CC2CC2)cc(-c2ccc3c(c2)C=CC3)n1. The molecule has 100 valence electrons. The Morgan fingerprint density at radius 3 is 2.90 bits per heavy atom. The zero-order valence-electron chi connectivity index (χ0n) is 11.3. The number of aromatic nitrogens is 2. The summed E-state index contributed by atoms with van der Waals surface area (Å²) in [5.74, 6) is 1.19. The second-order valence-corrected chi connectivity index (χ2v) is 5.77. The van der Waals surface area contributed by atoms with Crippen molar-refractivity contribution >= 4 is 12.0 Å². The van der Waals surface area contributed by atoms with Gasteiger partial charge in [-0.1, -0.05) is 24.3 Å². The third-order valence-electron chi connectivity index (χ3n) is 4.07. The molecule has 2 aromatic rings. The number of hydrogen-bond donors (Lipinski definition) is 1. The number of hydrogen-bond acceptors (Lipinski definition) is 3. The van der Waals surface area contributed by atoms with Gasteiger partial charge in [-0.25, -0.2) is 9.97 Å². The molecule has 4 rings (SSSR count). The predicted octanol–water partition coefficient (Wildman–Crippen LogP) is 3.25. The maximum absolute atomic E-state index is 5.87. The Bertz CT molecular complexity index is 699.